The standard InChI is InChI=1S/C15H12ClN3O/c1-8-11-6-9(3-5-13(11)19-15(17)18-8)10-2-4-12(16)14(20)7-10/h2-7,20H,1H3,(H2,17,18,19). The van der Waals surface area contributed by atoms with Gasteiger partial charge >= 0.3 is 0 Å². The van der Waals surface area contributed by atoms with Gasteiger partial charge in [0.2, 0.25) is 5.95 Å². The minimum atomic E-state index is 0.0644. The predicted molar refractivity (Wildman–Crippen MR) is 80.8 cm³/mol. The van der Waals surface area contributed by atoms with Crippen molar-refractivity contribution in [3.63, 3.8) is 0 Å². The molecule has 1 heterocycles. The molecule has 0 aliphatic rings. The summed E-state index contributed by atoms with van der Waals surface area (Å²) in [4.78, 5) is 8.36. The molecule has 4 nitrogen and oxygen atoms in total. The van der Waals surface area contributed by atoms with Gasteiger partial charge in [0.05, 0.1) is 16.2 Å². The molecule has 3 aromatic rings. The number of hydrogen-bond acceptors (Lipinski definition) is 4. The number of benzene rings is 2. The fourth-order valence-electron chi connectivity index (χ4n) is 2.18. The Morgan fingerprint density at radius 1 is 1.05 bits per heavy atom. The van der Waals surface area contributed by atoms with Gasteiger partial charge in [-0.05, 0) is 42.3 Å². The number of aromatic hydroxyl groups is 1. The quantitative estimate of drug-likeness (QED) is 0.717. The van der Waals surface area contributed by atoms with Crippen LogP contribution in [0.4, 0.5) is 5.95 Å². The Morgan fingerprint density at radius 3 is 2.50 bits per heavy atom. The van der Waals surface area contributed by atoms with Gasteiger partial charge in [-0.3, -0.25) is 0 Å². The summed E-state index contributed by atoms with van der Waals surface area (Å²) in [6.45, 7) is 1.89. The molecule has 0 bridgehead atoms. The Morgan fingerprint density at radius 2 is 1.75 bits per heavy atom. The number of nitrogens with two attached hydrogens (primary N) is 1. The maximum Gasteiger partial charge on any atom is 0.220 e. The highest BCUT2D eigenvalue weighted by Gasteiger charge is 2.07. The Kier molecular flexibility index (Phi) is 2.95. The second-order valence-electron chi connectivity index (χ2n) is 4.57. The first-order chi connectivity index (χ1) is 9.54. The molecule has 2 aromatic carbocycles. The molecule has 20 heavy (non-hydrogen) atoms. The fourth-order valence-corrected chi connectivity index (χ4v) is 2.29. The molecule has 0 aliphatic carbocycles. The van der Waals surface area contributed by atoms with Crippen LogP contribution in [-0.2, 0) is 0 Å². The largest absolute Gasteiger partial charge is 0.506 e. The number of phenols is 1. The predicted octanol–water partition coefficient (Wildman–Crippen LogP) is 3.55. The van der Waals surface area contributed by atoms with E-state index in [4.69, 9.17) is 17.3 Å². The van der Waals surface area contributed by atoms with Crippen LogP contribution in [0.15, 0.2) is 36.4 Å². The van der Waals surface area contributed by atoms with Crippen LogP contribution in [0.2, 0.25) is 5.02 Å². The van der Waals surface area contributed by atoms with Gasteiger partial charge in [-0.1, -0.05) is 23.7 Å². The topological polar surface area (TPSA) is 72.0 Å². The first-order valence-corrected chi connectivity index (χ1v) is 6.45. The molecule has 3 rings (SSSR count). The summed E-state index contributed by atoms with van der Waals surface area (Å²) < 4.78 is 0. The summed E-state index contributed by atoms with van der Waals surface area (Å²) in [6.07, 6.45) is 0. The number of rotatable bonds is 1. The minimum absolute atomic E-state index is 0.0644. The summed E-state index contributed by atoms with van der Waals surface area (Å²) in [5.41, 5.74) is 9.11. The third-order valence-corrected chi connectivity index (χ3v) is 3.50. The SMILES string of the molecule is Cc1nc(N)nc2ccc(-c3ccc(Cl)c(O)c3)cc12. The molecule has 0 unspecified atom stereocenters. The molecule has 0 saturated heterocycles. The molecule has 5 heteroatoms. The van der Waals surface area contributed by atoms with E-state index in [-0.39, 0.29) is 11.7 Å². The van der Waals surface area contributed by atoms with Gasteiger partial charge in [-0.25, -0.2) is 9.97 Å². The molecule has 100 valence electrons. The lowest BCUT2D eigenvalue weighted by atomic mass is 10.0. The maximum absolute atomic E-state index is 9.69. The van der Waals surface area contributed by atoms with Gasteiger partial charge in [-0.2, -0.15) is 0 Å². The Bertz CT molecular complexity index is 818. The zero-order valence-electron chi connectivity index (χ0n) is 10.8. The van der Waals surface area contributed by atoms with Crippen LogP contribution < -0.4 is 5.73 Å². The number of aromatic nitrogens is 2. The molecule has 0 spiro atoms. The fraction of sp³-hybridized carbons (Fsp3) is 0.0667. The average molecular weight is 286 g/mol. The highest BCUT2D eigenvalue weighted by atomic mass is 35.5. The number of hydrogen-bond donors (Lipinski definition) is 2. The molecule has 0 fully saturated rings. The number of phenolic OH excluding ortho intramolecular Hbond substituents is 1. The van der Waals surface area contributed by atoms with Crippen molar-refractivity contribution in [1.82, 2.24) is 9.97 Å². The molecule has 0 amide bonds. The highest BCUT2D eigenvalue weighted by Crippen LogP contribution is 2.31. The van der Waals surface area contributed by atoms with E-state index in [1.165, 1.54) is 0 Å². The van der Waals surface area contributed by atoms with Crippen molar-refractivity contribution in [2.75, 3.05) is 5.73 Å². The Balaban J connectivity index is 2.20. The molecular formula is C15H12ClN3O. The van der Waals surface area contributed by atoms with E-state index in [1.807, 2.05) is 31.2 Å². The van der Waals surface area contributed by atoms with Crippen LogP contribution in [0.3, 0.4) is 0 Å². The van der Waals surface area contributed by atoms with Crippen molar-refractivity contribution in [2.24, 2.45) is 0 Å². The van der Waals surface area contributed by atoms with Gasteiger partial charge in [0, 0.05) is 5.39 Å². The van der Waals surface area contributed by atoms with E-state index in [2.05, 4.69) is 9.97 Å². The third kappa shape index (κ3) is 2.14. The van der Waals surface area contributed by atoms with Crippen molar-refractivity contribution in [3.8, 4) is 16.9 Å². The summed E-state index contributed by atoms with van der Waals surface area (Å²) in [5, 5.41) is 11.0. The summed E-state index contributed by atoms with van der Waals surface area (Å²) in [6, 6.07) is 11.0. The van der Waals surface area contributed by atoms with Gasteiger partial charge in [0.25, 0.3) is 0 Å². The molecule has 3 N–H and O–H groups in total. The van der Waals surface area contributed by atoms with Crippen LogP contribution in [0, 0.1) is 6.92 Å². The first kappa shape index (κ1) is 12.7. The molecule has 0 aliphatic heterocycles. The monoisotopic (exact) mass is 285 g/mol. The zero-order chi connectivity index (χ0) is 14.3. The molecule has 0 radical (unpaired) electrons. The van der Waals surface area contributed by atoms with E-state index < -0.39 is 0 Å². The van der Waals surface area contributed by atoms with E-state index in [0.29, 0.717) is 5.02 Å². The Hall–Kier alpha value is -2.33. The van der Waals surface area contributed by atoms with Crippen LogP contribution in [0.1, 0.15) is 5.69 Å². The van der Waals surface area contributed by atoms with Gasteiger partial charge in [-0.15, -0.1) is 0 Å². The molecule has 1 aromatic heterocycles. The van der Waals surface area contributed by atoms with E-state index in [1.54, 1.807) is 12.1 Å². The van der Waals surface area contributed by atoms with Crippen molar-refractivity contribution in [3.05, 3.63) is 47.1 Å². The third-order valence-electron chi connectivity index (χ3n) is 3.18. The maximum atomic E-state index is 9.69. The summed E-state index contributed by atoms with van der Waals surface area (Å²) in [7, 11) is 0. The molecular weight excluding hydrogens is 274 g/mol. The second kappa shape index (κ2) is 4.65. The number of nitrogen functional groups attached to an aromatic ring is 1. The number of nitrogens with zero attached hydrogens (tertiary/aromatic N) is 2. The highest BCUT2D eigenvalue weighted by molar-refractivity contribution is 6.32. The van der Waals surface area contributed by atoms with Crippen molar-refractivity contribution in [2.45, 2.75) is 6.92 Å². The normalized spacial score (nSPS) is 10.9. The average Bonchev–Trinajstić information content (AvgIpc) is 2.41. The van der Waals surface area contributed by atoms with E-state index in [0.717, 1.165) is 27.7 Å². The van der Waals surface area contributed by atoms with Crippen LogP contribution in [-0.4, -0.2) is 15.1 Å². The lowest BCUT2D eigenvalue weighted by Crippen LogP contribution is -1.97. The smallest absolute Gasteiger partial charge is 0.220 e. The number of anilines is 1. The first-order valence-electron chi connectivity index (χ1n) is 6.07. The Labute approximate surface area is 120 Å². The molecule has 0 atom stereocenters. The van der Waals surface area contributed by atoms with Crippen LogP contribution >= 0.6 is 11.6 Å². The van der Waals surface area contributed by atoms with Gasteiger partial charge < -0.3 is 10.8 Å². The second-order valence-corrected chi connectivity index (χ2v) is 4.97. The van der Waals surface area contributed by atoms with Crippen molar-refractivity contribution >= 4 is 28.5 Å². The summed E-state index contributed by atoms with van der Waals surface area (Å²) >= 11 is 5.82. The lowest BCUT2D eigenvalue weighted by molar-refractivity contribution is 0.476. The van der Waals surface area contributed by atoms with E-state index >= 15 is 0 Å². The van der Waals surface area contributed by atoms with Gasteiger partial charge in [0.1, 0.15) is 5.75 Å². The molecule has 0 saturated carbocycles. The number of fused-ring (bicyclic) bond motifs is 1. The van der Waals surface area contributed by atoms with Crippen molar-refractivity contribution in [1.29, 1.82) is 0 Å². The van der Waals surface area contributed by atoms with Gasteiger partial charge in [0.15, 0.2) is 0 Å². The minimum Gasteiger partial charge on any atom is -0.506 e. The number of halogens is 1. The number of aryl methyl sites for hydroxylation is 1. The van der Waals surface area contributed by atoms with E-state index in [9.17, 15) is 5.11 Å². The van der Waals surface area contributed by atoms with Crippen molar-refractivity contribution < 1.29 is 5.11 Å². The lowest BCUT2D eigenvalue weighted by Gasteiger charge is -2.07. The van der Waals surface area contributed by atoms with Crippen LogP contribution in [0.5, 0.6) is 5.75 Å². The zero-order valence-corrected chi connectivity index (χ0v) is 11.5. The summed E-state index contributed by atoms with van der Waals surface area (Å²) in [5.74, 6) is 0.335. The van der Waals surface area contributed by atoms with Crippen LogP contribution in [0.25, 0.3) is 22.0 Å².